The molecule has 2 heterocycles. The number of hydrogen-bond acceptors (Lipinski definition) is 4. The molecular formula is C13H16FN3S. The molecule has 0 aliphatic heterocycles. The summed E-state index contributed by atoms with van der Waals surface area (Å²) in [7, 11) is 0. The SMILES string of the molecule is CC(C)CNCc1cnc(-c2ccc(F)cn2)s1. The third kappa shape index (κ3) is 3.58. The largest absolute Gasteiger partial charge is 0.312 e. The first-order valence-corrected chi connectivity index (χ1v) is 6.74. The van der Waals surface area contributed by atoms with E-state index in [2.05, 4.69) is 29.1 Å². The van der Waals surface area contributed by atoms with Gasteiger partial charge in [0.1, 0.15) is 10.8 Å². The van der Waals surface area contributed by atoms with Crippen LogP contribution in [0, 0.1) is 11.7 Å². The molecule has 2 rings (SSSR count). The monoisotopic (exact) mass is 265 g/mol. The molecule has 0 fully saturated rings. The van der Waals surface area contributed by atoms with Gasteiger partial charge in [-0.1, -0.05) is 13.8 Å². The zero-order valence-electron chi connectivity index (χ0n) is 10.5. The van der Waals surface area contributed by atoms with Crippen LogP contribution < -0.4 is 5.32 Å². The fourth-order valence-corrected chi connectivity index (χ4v) is 2.35. The Morgan fingerprint density at radius 2 is 2.11 bits per heavy atom. The van der Waals surface area contributed by atoms with Crippen molar-refractivity contribution in [2.45, 2.75) is 20.4 Å². The summed E-state index contributed by atoms with van der Waals surface area (Å²) in [4.78, 5) is 9.49. The summed E-state index contributed by atoms with van der Waals surface area (Å²) in [6, 6.07) is 3.06. The van der Waals surface area contributed by atoms with Crippen LogP contribution in [0.1, 0.15) is 18.7 Å². The maximum atomic E-state index is 12.8. The molecule has 0 saturated heterocycles. The predicted molar refractivity (Wildman–Crippen MR) is 71.8 cm³/mol. The van der Waals surface area contributed by atoms with E-state index in [1.807, 2.05) is 6.20 Å². The van der Waals surface area contributed by atoms with Crippen molar-refractivity contribution in [3.8, 4) is 10.7 Å². The van der Waals surface area contributed by atoms with Crippen molar-refractivity contribution in [3.05, 3.63) is 35.2 Å². The maximum absolute atomic E-state index is 12.8. The number of rotatable bonds is 5. The molecule has 0 amide bonds. The zero-order chi connectivity index (χ0) is 13.0. The first kappa shape index (κ1) is 13.1. The van der Waals surface area contributed by atoms with Crippen LogP contribution in [-0.2, 0) is 6.54 Å². The van der Waals surface area contributed by atoms with Crippen molar-refractivity contribution in [2.24, 2.45) is 5.92 Å². The highest BCUT2D eigenvalue weighted by Gasteiger charge is 2.06. The van der Waals surface area contributed by atoms with Crippen LogP contribution >= 0.6 is 11.3 Å². The average Bonchev–Trinajstić information content (AvgIpc) is 2.78. The van der Waals surface area contributed by atoms with E-state index in [0.717, 1.165) is 28.7 Å². The number of halogens is 1. The van der Waals surface area contributed by atoms with Crippen molar-refractivity contribution in [1.29, 1.82) is 0 Å². The summed E-state index contributed by atoms with van der Waals surface area (Å²) >= 11 is 1.58. The first-order chi connectivity index (χ1) is 8.65. The Labute approximate surface area is 110 Å². The van der Waals surface area contributed by atoms with E-state index < -0.39 is 0 Å². The van der Waals surface area contributed by atoms with Crippen LogP contribution in [0.5, 0.6) is 0 Å². The zero-order valence-corrected chi connectivity index (χ0v) is 11.3. The van der Waals surface area contributed by atoms with Crippen LogP contribution in [0.25, 0.3) is 10.7 Å². The summed E-state index contributed by atoms with van der Waals surface area (Å²) in [5.41, 5.74) is 0.719. The van der Waals surface area contributed by atoms with Crippen LogP contribution in [0.4, 0.5) is 4.39 Å². The lowest BCUT2D eigenvalue weighted by atomic mass is 10.2. The second kappa shape index (κ2) is 6.02. The molecule has 5 heteroatoms. The Morgan fingerprint density at radius 3 is 2.78 bits per heavy atom. The van der Waals surface area contributed by atoms with Crippen LogP contribution in [0.2, 0.25) is 0 Å². The fourth-order valence-electron chi connectivity index (χ4n) is 1.49. The Bertz CT molecular complexity index is 493. The lowest BCUT2D eigenvalue weighted by Gasteiger charge is -2.04. The van der Waals surface area contributed by atoms with Crippen molar-refractivity contribution < 1.29 is 4.39 Å². The molecule has 1 N–H and O–H groups in total. The number of nitrogens with one attached hydrogen (secondary N) is 1. The smallest absolute Gasteiger partial charge is 0.142 e. The van der Waals surface area contributed by atoms with E-state index in [4.69, 9.17) is 0 Å². The van der Waals surface area contributed by atoms with Gasteiger partial charge in [0.15, 0.2) is 0 Å². The van der Waals surface area contributed by atoms with E-state index in [-0.39, 0.29) is 5.82 Å². The van der Waals surface area contributed by atoms with Crippen LogP contribution in [-0.4, -0.2) is 16.5 Å². The highest BCUT2D eigenvalue weighted by atomic mass is 32.1. The fraction of sp³-hybridized carbons (Fsp3) is 0.385. The number of nitrogens with zero attached hydrogens (tertiary/aromatic N) is 2. The molecule has 0 bridgehead atoms. The van der Waals surface area contributed by atoms with Crippen molar-refractivity contribution in [1.82, 2.24) is 15.3 Å². The average molecular weight is 265 g/mol. The van der Waals surface area contributed by atoms with Gasteiger partial charge >= 0.3 is 0 Å². The predicted octanol–water partition coefficient (Wildman–Crippen LogP) is 3.09. The van der Waals surface area contributed by atoms with Gasteiger partial charge in [0.2, 0.25) is 0 Å². The second-order valence-electron chi connectivity index (χ2n) is 4.52. The van der Waals surface area contributed by atoms with Gasteiger partial charge in [-0.25, -0.2) is 9.37 Å². The molecule has 2 aromatic heterocycles. The van der Waals surface area contributed by atoms with Gasteiger partial charge < -0.3 is 5.32 Å². The van der Waals surface area contributed by atoms with Crippen molar-refractivity contribution >= 4 is 11.3 Å². The van der Waals surface area contributed by atoms with Crippen LogP contribution in [0.3, 0.4) is 0 Å². The van der Waals surface area contributed by atoms with Gasteiger partial charge in [-0.2, -0.15) is 0 Å². The molecule has 0 atom stereocenters. The molecule has 0 aliphatic rings. The lowest BCUT2D eigenvalue weighted by molar-refractivity contribution is 0.554. The Balaban J connectivity index is 1.99. The van der Waals surface area contributed by atoms with Crippen LogP contribution in [0.15, 0.2) is 24.5 Å². The molecule has 0 unspecified atom stereocenters. The summed E-state index contributed by atoms with van der Waals surface area (Å²) in [6.07, 6.45) is 3.06. The van der Waals surface area contributed by atoms with Gasteiger partial charge in [0.05, 0.1) is 11.9 Å². The molecule has 18 heavy (non-hydrogen) atoms. The van der Waals surface area contributed by atoms with Gasteiger partial charge in [0, 0.05) is 17.6 Å². The normalized spacial score (nSPS) is 11.1. The van der Waals surface area contributed by atoms with E-state index in [9.17, 15) is 4.39 Å². The molecule has 0 aliphatic carbocycles. The summed E-state index contributed by atoms with van der Waals surface area (Å²) in [6.45, 7) is 6.15. The molecule has 3 nitrogen and oxygen atoms in total. The molecule has 2 aromatic rings. The Morgan fingerprint density at radius 1 is 1.28 bits per heavy atom. The Hall–Kier alpha value is -1.33. The number of thiazole rings is 1. The van der Waals surface area contributed by atoms with E-state index in [1.165, 1.54) is 12.3 Å². The van der Waals surface area contributed by atoms with Gasteiger partial charge in [0.25, 0.3) is 0 Å². The second-order valence-corrected chi connectivity index (χ2v) is 5.63. The molecule has 0 radical (unpaired) electrons. The van der Waals surface area contributed by atoms with Gasteiger partial charge in [-0.3, -0.25) is 4.98 Å². The topological polar surface area (TPSA) is 37.8 Å². The number of aromatic nitrogens is 2. The first-order valence-electron chi connectivity index (χ1n) is 5.92. The minimum Gasteiger partial charge on any atom is -0.312 e. The Kier molecular flexibility index (Phi) is 4.38. The standard InChI is InChI=1S/C13H16FN3S/c1-9(2)5-15-7-11-8-17-13(18-11)12-4-3-10(14)6-16-12/h3-4,6,8-9,15H,5,7H2,1-2H3. The molecule has 0 saturated carbocycles. The van der Waals surface area contributed by atoms with E-state index >= 15 is 0 Å². The van der Waals surface area contributed by atoms with E-state index in [0.29, 0.717) is 5.92 Å². The third-order valence-corrected chi connectivity index (χ3v) is 3.37. The lowest BCUT2D eigenvalue weighted by Crippen LogP contribution is -2.18. The van der Waals surface area contributed by atoms with Crippen molar-refractivity contribution in [3.63, 3.8) is 0 Å². The maximum Gasteiger partial charge on any atom is 0.142 e. The number of hydrogen-bond donors (Lipinski definition) is 1. The summed E-state index contributed by atoms with van der Waals surface area (Å²) in [5, 5.41) is 4.19. The van der Waals surface area contributed by atoms with Gasteiger partial charge in [-0.05, 0) is 24.6 Å². The summed E-state index contributed by atoms with van der Waals surface area (Å²) < 4.78 is 12.8. The van der Waals surface area contributed by atoms with Gasteiger partial charge in [-0.15, -0.1) is 11.3 Å². The quantitative estimate of drug-likeness (QED) is 0.902. The third-order valence-electron chi connectivity index (χ3n) is 2.35. The number of pyridine rings is 1. The molecule has 96 valence electrons. The molecule has 0 aromatic carbocycles. The minimum atomic E-state index is -0.325. The molecule has 0 spiro atoms. The molecular weight excluding hydrogens is 249 g/mol. The highest BCUT2D eigenvalue weighted by Crippen LogP contribution is 2.23. The highest BCUT2D eigenvalue weighted by molar-refractivity contribution is 7.14. The van der Waals surface area contributed by atoms with Crippen molar-refractivity contribution in [2.75, 3.05) is 6.54 Å². The van der Waals surface area contributed by atoms with E-state index in [1.54, 1.807) is 17.4 Å². The summed E-state index contributed by atoms with van der Waals surface area (Å²) in [5.74, 6) is 0.310. The minimum absolute atomic E-state index is 0.325.